The number of rotatable bonds is 4. The van der Waals surface area contributed by atoms with E-state index in [-0.39, 0.29) is 6.79 Å². The number of alkyl halides is 3. The van der Waals surface area contributed by atoms with Gasteiger partial charge in [0, 0.05) is 32.7 Å². The monoisotopic (exact) mass is 386 g/mol. The SMILES string of the molecule is CCNC(=NCc1ccc2c(c1)OCO2)N1CCN(C(C)C(F)(F)F)CC1. The van der Waals surface area contributed by atoms with Gasteiger partial charge in [-0.05, 0) is 31.5 Å². The number of fused-ring (bicyclic) bond motifs is 1. The van der Waals surface area contributed by atoms with E-state index in [9.17, 15) is 13.2 Å². The Balaban J connectivity index is 1.61. The molecule has 1 aromatic carbocycles. The first-order chi connectivity index (χ1) is 12.9. The summed E-state index contributed by atoms with van der Waals surface area (Å²) in [5.74, 6) is 2.15. The van der Waals surface area contributed by atoms with Gasteiger partial charge < -0.3 is 19.7 Å². The van der Waals surface area contributed by atoms with Gasteiger partial charge in [0.1, 0.15) is 6.04 Å². The van der Waals surface area contributed by atoms with E-state index in [0.717, 1.165) is 17.3 Å². The van der Waals surface area contributed by atoms with Crippen LogP contribution in [0, 0.1) is 0 Å². The minimum absolute atomic E-state index is 0.228. The molecule has 150 valence electrons. The van der Waals surface area contributed by atoms with Crippen LogP contribution in [0.25, 0.3) is 0 Å². The molecule has 0 radical (unpaired) electrons. The van der Waals surface area contributed by atoms with Crippen LogP contribution in [-0.4, -0.2) is 67.5 Å². The van der Waals surface area contributed by atoms with Crippen LogP contribution in [0.15, 0.2) is 23.2 Å². The first kappa shape index (κ1) is 19.6. The molecule has 0 aliphatic carbocycles. The van der Waals surface area contributed by atoms with Crippen molar-refractivity contribution in [2.75, 3.05) is 39.5 Å². The molecule has 0 amide bonds. The van der Waals surface area contributed by atoms with Gasteiger partial charge in [0.05, 0.1) is 6.54 Å². The fraction of sp³-hybridized carbons (Fsp3) is 0.611. The molecule has 0 saturated carbocycles. The highest BCUT2D eigenvalue weighted by Gasteiger charge is 2.41. The van der Waals surface area contributed by atoms with Gasteiger partial charge in [-0.3, -0.25) is 4.90 Å². The van der Waals surface area contributed by atoms with Crippen molar-refractivity contribution >= 4 is 5.96 Å². The molecule has 1 fully saturated rings. The quantitative estimate of drug-likeness (QED) is 0.636. The number of guanidine groups is 1. The van der Waals surface area contributed by atoms with Crippen molar-refractivity contribution in [3.05, 3.63) is 23.8 Å². The molecule has 9 heteroatoms. The Morgan fingerprint density at radius 3 is 2.56 bits per heavy atom. The molecule has 3 rings (SSSR count). The largest absolute Gasteiger partial charge is 0.454 e. The predicted octanol–water partition coefficient (Wildman–Crippen LogP) is 2.45. The lowest BCUT2D eigenvalue weighted by atomic mass is 10.2. The van der Waals surface area contributed by atoms with E-state index in [0.29, 0.717) is 45.0 Å². The molecule has 1 N–H and O–H groups in total. The number of hydrogen-bond acceptors (Lipinski definition) is 4. The van der Waals surface area contributed by atoms with E-state index < -0.39 is 12.2 Å². The highest BCUT2D eigenvalue weighted by Crippen LogP contribution is 2.32. The number of halogens is 3. The second kappa shape index (κ2) is 8.24. The molecule has 0 spiro atoms. The number of aliphatic imine (C=N–C) groups is 1. The standard InChI is InChI=1S/C18H25F3N4O2/c1-3-22-17(23-11-14-4-5-15-16(10-14)27-12-26-15)25-8-6-24(7-9-25)13(2)18(19,20)21/h4-5,10,13H,3,6-9,11-12H2,1-2H3,(H,22,23). The number of benzene rings is 1. The van der Waals surface area contributed by atoms with Crippen LogP contribution in [0.4, 0.5) is 13.2 Å². The third kappa shape index (κ3) is 4.77. The van der Waals surface area contributed by atoms with E-state index >= 15 is 0 Å². The highest BCUT2D eigenvalue weighted by molar-refractivity contribution is 5.80. The first-order valence-electron chi connectivity index (χ1n) is 9.11. The van der Waals surface area contributed by atoms with Gasteiger partial charge in [0.15, 0.2) is 17.5 Å². The maximum Gasteiger partial charge on any atom is 0.403 e. The van der Waals surface area contributed by atoms with Crippen LogP contribution in [0.5, 0.6) is 11.5 Å². The summed E-state index contributed by atoms with van der Waals surface area (Å²) in [7, 11) is 0. The normalized spacial score (nSPS) is 19.3. The second-order valence-corrected chi connectivity index (χ2v) is 6.60. The number of piperazine rings is 1. The Labute approximate surface area is 156 Å². The van der Waals surface area contributed by atoms with Crippen LogP contribution in [0.3, 0.4) is 0 Å². The Bertz CT molecular complexity index is 673. The van der Waals surface area contributed by atoms with E-state index in [1.54, 1.807) is 0 Å². The lowest BCUT2D eigenvalue weighted by Crippen LogP contribution is -2.56. The maximum atomic E-state index is 12.9. The average Bonchev–Trinajstić information content (AvgIpc) is 3.12. The number of hydrogen-bond donors (Lipinski definition) is 1. The molecule has 1 unspecified atom stereocenters. The van der Waals surface area contributed by atoms with Crippen molar-refractivity contribution in [1.29, 1.82) is 0 Å². The number of nitrogens with zero attached hydrogens (tertiary/aromatic N) is 3. The van der Waals surface area contributed by atoms with Gasteiger partial charge >= 0.3 is 6.18 Å². The minimum Gasteiger partial charge on any atom is -0.454 e. The molecule has 0 bridgehead atoms. The summed E-state index contributed by atoms with van der Waals surface area (Å²) in [4.78, 5) is 8.13. The van der Waals surface area contributed by atoms with E-state index in [1.165, 1.54) is 11.8 Å². The Kier molecular flexibility index (Phi) is 5.98. The van der Waals surface area contributed by atoms with Crippen LogP contribution < -0.4 is 14.8 Å². The van der Waals surface area contributed by atoms with Gasteiger partial charge in [-0.25, -0.2) is 4.99 Å². The lowest BCUT2D eigenvalue weighted by Gasteiger charge is -2.39. The van der Waals surface area contributed by atoms with Crippen LogP contribution >= 0.6 is 0 Å². The third-order valence-corrected chi connectivity index (χ3v) is 4.82. The molecule has 1 saturated heterocycles. The van der Waals surface area contributed by atoms with Crippen molar-refractivity contribution in [2.24, 2.45) is 4.99 Å². The molecule has 2 aliphatic heterocycles. The molecule has 6 nitrogen and oxygen atoms in total. The third-order valence-electron chi connectivity index (χ3n) is 4.82. The molecular formula is C18H25F3N4O2. The topological polar surface area (TPSA) is 49.3 Å². The van der Waals surface area contributed by atoms with Gasteiger partial charge in [-0.2, -0.15) is 13.2 Å². The van der Waals surface area contributed by atoms with Crippen LogP contribution in [-0.2, 0) is 6.54 Å². The summed E-state index contributed by atoms with van der Waals surface area (Å²) in [5, 5.41) is 3.23. The first-order valence-corrected chi connectivity index (χ1v) is 9.11. The summed E-state index contributed by atoms with van der Waals surface area (Å²) >= 11 is 0. The van der Waals surface area contributed by atoms with Gasteiger partial charge in [-0.1, -0.05) is 6.07 Å². The summed E-state index contributed by atoms with van der Waals surface area (Å²) < 4.78 is 49.4. The summed E-state index contributed by atoms with van der Waals surface area (Å²) in [6, 6.07) is 4.27. The summed E-state index contributed by atoms with van der Waals surface area (Å²) in [6.07, 6.45) is -4.19. The lowest BCUT2D eigenvalue weighted by molar-refractivity contribution is -0.181. The van der Waals surface area contributed by atoms with Crippen molar-refractivity contribution in [3.63, 3.8) is 0 Å². The molecule has 1 atom stereocenters. The Morgan fingerprint density at radius 1 is 1.19 bits per heavy atom. The average molecular weight is 386 g/mol. The fourth-order valence-corrected chi connectivity index (χ4v) is 3.16. The Hall–Kier alpha value is -2.16. The molecule has 0 aromatic heterocycles. The molecule has 1 aromatic rings. The number of nitrogens with one attached hydrogen (secondary N) is 1. The zero-order valence-electron chi connectivity index (χ0n) is 15.6. The zero-order valence-corrected chi connectivity index (χ0v) is 15.6. The molecule has 2 heterocycles. The minimum atomic E-state index is -4.19. The molecule has 2 aliphatic rings. The zero-order chi connectivity index (χ0) is 19.4. The molecule has 27 heavy (non-hydrogen) atoms. The van der Waals surface area contributed by atoms with Gasteiger partial charge in [0.2, 0.25) is 6.79 Å². The summed E-state index contributed by atoms with van der Waals surface area (Å²) in [5.41, 5.74) is 0.985. The molecular weight excluding hydrogens is 361 g/mol. The van der Waals surface area contributed by atoms with Crippen molar-refractivity contribution in [1.82, 2.24) is 15.1 Å². The highest BCUT2D eigenvalue weighted by atomic mass is 19.4. The van der Waals surface area contributed by atoms with E-state index in [2.05, 4.69) is 10.3 Å². The van der Waals surface area contributed by atoms with Gasteiger partial charge in [-0.15, -0.1) is 0 Å². The van der Waals surface area contributed by atoms with Gasteiger partial charge in [0.25, 0.3) is 0 Å². The summed E-state index contributed by atoms with van der Waals surface area (Å²) in [6.45, 7) is 6.29. The van der Waals surface area contributed by atoms with Crippen molar-refractivity contribution in [3.8, 4) is 11.5 Å². The second-order valence-electron chi connectivity index (χ2n) is 6.60. The van der Waals surface area contributed by atoms with Crippen LogP contribution in [0.1, 0.15) is 19.4 Å². The Morgan fingerprint density at radius 2 is 1.89 bits per heavy atom. The smallest absolute Gasteiger partial charge is 0.403 e. The van der Waals surface area contributed by atoms with Crippen LogP contribution in [0.2, 0.25) is 0 Å². The van der Waals surface area contributed by atoms with E-state index in [1.807, 2.05) is 30.0 Å². The fourth-order valence-electron chi connectivity index (χ4n) is 3.16. The van der Waals surface area contributed by atoms with Crippen molar-refractivity contribution < 1.29 is 22.6 Å². The van der Waals surface area contributed by atoms with E-state index in [4.69, 9.17) is 9.47 Å². The maximum absolute atomic E-state index is 12.9. The predicted molar refractivity (Wildman–Crippen MR) is 96.0 cm³/mol. The van der Waals surface area contributed by atoms with Crippen molar-refractivity contribution in [2.45, 2.75) is 32.6 Å². The number of ether oxygens (including phenoxy) is 2.